The summed E-state index contributed by atoms with van der Waals surface area (Å²) < 4.78 is 11.2. The number of aryl methyl sites for hydroxylation is 1. The van der Waals surface area contributed by atoms with Crippen molar-refractivity contribution >= 4 is 46.5 Å². The lowest BCUT2D eigenvalue weighted by Gasteiger charge is -2.11. The van der Waals surface area contributed by atoms with Crippen LogP contribution in [0.2, 0.25) is 10.0 Å². The Morgan fingerprint density at radius 1 is 1.09 bits per heavy atom. The third-order valence-electron chi connectivity index (χ3n) is 4.39. The highest BCUT2D eigenvalue weighted by Crippen LogP contribution is 2.35. The van der Waals surface area contributed by atoms with Crippen molar-refractivity contribution in [1.29, 1.82) is 0 Å². The van der Waals surface area contributed by atoms with E-state index in [9.17, 15) is 14.9 Å². The number of nitrogens with zero attached hydrogens (tertiary/aromatic N) is 2. The molecule has 0 bridgehead atoms. The van der Waals surface area contributed by atoms with Crippen LogP contribution >= 0.6 is 23.2 Å². The smallest absolute Gasteiger partial charge is 0.348 e. The second-order valence-electron chi connectivity index (χ2n) is 6.71. The molecule has 10 heteroatoms. The lowest BCUT2D eigenvalue weighted by atomic mass is 10.1. The van der Waals surface area contributed by atoms with Gasteiger partial charge < -0.3 is 14.8 Å². The molecule has 33 heavy (non-hydrogen) atoms. The molecule has 0 atom stereocenters. The van der Waals surface area contributed by atoms with E-state index < -0.39 is 11.0 Å². The van der Waals surface area contributed by atoms with Crippen molar-refractivity contribution in [2.75, 3.05) is 11.9 Å². The van der Waals surface area contributed by atoms with E-state index >= 15 is 0 Å². The molecule has 0 aliphatic heterocycles. The van der Waals surface area contributed by atoms with Crippen molar-refractivity contribution in [2.45, 2.75) is 13.8 Å². The van der Waals surface area contributed by atoms with Crippen LogP contribution in [-0.4, -0.2) is 23.5 Å². The van der Waals surface area contributed by atoms with Gasteiger partial charge in [-0.3, -0.25) is 10.1 Å². The molecule has 0 aliphatic carbocycles. The fraction of sp³-hybridized carbons (Fsp3) is 0.130. The monoisotopic (exact) mass is 487 g/mol. The van der Waals surface area contributed by atoms with Crippen LogP contribution in [0.1, 0.15) is 18.1 Å². The molecule has 0 radical (unpaired) electrons. The maximum Gasteiger partial charge on any atom is 0.348 e. The second-order valence-corrected chi connectivity index (χ2v) is 7.53. The van der Waals surface area contributed by atoms with Gasteiger partial charge in [-0.15, -0.1) is 0 Å². The van der Waals surface area contributed by atoms with Crippen LogP contribution in [0.15, 0.2) is 65.7 Å². The number of rotatable bonds is 6. The number of carbonyl (C=O) groups is 1. The molecule has 0 aromatic heterocycles. The van der Waals surface area contributed by atoms with Gasteiger partial charge in [-0.05, 0) is 49.7 Å². The maximum atomic E-state index is 12.5. The number of nitro groups is 1. The van der Waals surface area contributed by atoms with E-state index in [2.05, 4.69) is 10.3 Å². The molecule has 0 spiro atoms. The number of nitro benzene ring substituents is 1. The molecule has 0 unspecified atom stereocenters. The minimum absolute atomic E-state index is 0.0610. The van der Waals surface area contributed by atoms with Gasteiger partial charge in [-0.25, -0.2) is 4.79 Å². The number of amides is 2. The summed E-state index contributed by atoms with van der Waals surface area (Å²) in [4.78, 5) is 26.8. The molecule has 0 fully saturated rings. The quantitative estimate of drug-likeness (QED) is 0.174. The van der Waals surface area contributed by atoms with Gasteiger partial charge in [0.25, 0.3) is 5.69 Å². The highest BCUT2D eigenvalue weighted by atomic mass is 35.5. The number of hydrogen-bond acceptors (Lipinski definition) is 5. The topological polar surface area (TPSA) is 103 Å². The number of urea groups is 1. The lowest BCUT2D eigenvalue weighted by molar-refractivity contribution is -0.384. The van der Waals surface area contributed by atoms with Gasteiger partial charge in [0.1, 0.15) is 16.5 Å². The Kier molecular flexibility index (Phi) is 7.87. The number of halogens is 2. The van der Waals surface area contributed by atoms with Crippen LogP contribution in [-0.2, 0) is 4.74 Å². The summed E-state index contributed by atoms with van der Waals surface area (Å²) in [6.45, 7) is 4.06. The molecule has 3 aromatic rings. The molecule has 0 saturated carbocycles. The van der Waals surface area contributed by atoms with E-state index in [0.717, 1.165) is 11.1 Å². The van der Waals surface area contributed by atoms with Gasteiger partial charge in [0.2, 0.25) is 5.90 Å². The van der Waals surface area contributed by atoms with Crippen LogP contribution in [0.4, 0.5) is 16.2 Å². The van der Waals surface area contributed by atoms with E-state index in [1.165, 1.54) is 24.3 Å². The minimum atomic E-state index is -0.631. The molecular formula is C23H19Cl2N3O5. The first-order chi connectivity index (χ1) is 15.8. The third kappa shape index (κ3) is 6.21. The van der Waals surface area contributed by atoms with Crippen LogP contribution in [0.5, 0.6) is 11.5 Å². The normalized spacial score (nSPS) is 11.1. The Morgan fingerprint density at radius 3 is 2.48 bits per heavy atom. The van der Waals surface area contributed by atoms with E-state index in [4.69, 9.17) is 32.7 Å². The Bertz CT molecular complexity index is 1230. The van der Waals surface area contributed by atoms with E-state index in [1.54, 1.807) is 12.1 Å². The van der Waals surface area contributed by atoms with Crippen molar-refractivity contribution in [3.63, 3.8) is 0 Å². The average molecular weight is 488 g/mol. The van der Waals surface area contributed by atoms with Gasteiger partial charge >= 0.3 is 6.03 Å². The number of aliphatic imine (C=N–C) groups is 1. The molecule has 8 nitrogen and oxygen atoms in total. The molecule has 3 rings (SSSR count). The van der Waals surface area contributed by atoms with E-state index in [-0.39, 0.29) is 33.1 Å². The highest BCUT2D eigenvalue weighted by molar-refractivity contribution is 6.33. The van der Waals surface area contributed by atoms with Crippen molar-refractivity contribution in [3.8, 4) is 11.5 Å². The van der Waals surface area contributed by atoms with Gasteiger partial charge in [0.15, 0.2) is 0 Å². The highest BCUT2D eigenvalue weighted by Gasteiger charge is 2.15. The van der Waals surface area contributed by atoms with Crippen molar-refractivity contribution < 1.29 is 19.2 Å². The zero-order chi connectivity index (χ0) is 24.0. The molecule has 0 heterocycles. The summed E-state index contributed by atoms with van der Waals surface area (Å²) in [6.07, 6.45) is 0. The largest absolute Gasteiger partial charge is 0.477 e. The summed E-state index contributed by atoms with van der Waals surface area (Å²) in [5, 5.41) is 13.7. The van der Waals surface area contributed by atoms with Gasteiger partial charge in [-0.2, -0.15) is 4.99 Å². The number of benzene rings is 3. The number of ether oxygens (including phenoxy) is 2. The van der Waals surface area contributed by atoms with Crippen LogP contribution in [0.25, 0.3) is 0 Å². The molecular weight excluding hydrogens is 469 g/mol. The summed E-state index contributed by atoms with van der Waals surface area (Å²) in [5.74, 6) is 0.765. The van der Waals surface area contributed by atoms with Gasteiger partial charge in [-0.1, -0.05) is 41.4 Å². The predicted molar refractivity (Wildman–Crippen MR) is 128 cm³/mol. The maximum absolute atomic E-state index is 12.5. The molecule has 0 saturated heterocycles. The summed E-state index contributed by atoms with van der Waals surface area (Å²) in [7, 11) is 0. The lowest BCUT2D eigenvalue weighted by Crippen LogP contribution is -2.15. The SMILES string of the molecule is CCOC(=NC(=O)Nc1ccc(Oc2ccc([N+](=O)[O-])c(Cl)c2)c(Cl)c1)c1ccccc1C. The summed E-state index contributed by atoms with van der Waals surface area (Å²) in [5.41, 5.74) is 1.81. The van der Waals surface area contributed by atoms with Crippen molar-refractivity contribution in [1.82, 2.24) is 0 Å². The van der Waals surface area contributed by atoms with Crippen LogP contribution in [0.3, 0.4) is 0 Å². The average Bonchev–Trinajstić information content (AvgIpc) is 2.75. The second kappa shape index (κ2) is 10.8. The fourth-order valence-corrected chi connectivity index (χ4v) is 3.31. The molecule has 1 N–H and O–H groups in total. The summed E-state index contributed by atoms with van der Waals surface area (Å²) >= 11 is 12.2. The molecule has 2 amide bonds. The van der Waals surface area contributed by atoms with Crippen molar-refractivity contribution in [3.05, 3.63) is 92.0 Å². The van der Waals surface area contributed by atoms with E-state index in [1.807, 2.05) is 38.1 Å². The number of carbonyl (C=O) groups excluding carboxylic acids is 1. The molecule has 3 aromatic carbocycles. The number of nitrogens with one attached hydrogen (secondary N) is 1. The Labute approximate surface area is 199 Å². The Morgan fingerprint density at radius 2 is 1.85 bits per heavy atom. The zero-order valence-electron chi connectivity index (χ0n) is 17.7. The first-order valence-corrected chi connectivity index (χ1v) is 10.5. The minimum Gasteiger partial charge on any atom is -0.477 e. The zero-order valence-corrected chi connectivity index (χ0v) is 19.2. The predicted octanol–water partition coefficient (Wildman–Crippen LogP) is 7.02. The van der Waals surface area contributed by atoms with Gasteiger partial charge in [0.05, 0.1) is 16.6 Å². The van der Waals surface area contributed by atoms with Crippen LogP contribution in [0, 0.1) is 17.0 Å². The fourth-order valence-electron chi connectivity index (χ4n) is 2.85. The first kappa shape index (κ1) is 24.0. The third-order valence-corrected chi connectivity index (χ3v) is 4.98. The summed E-state index contributed by atoms with van der Waals surface area (Å²) in [6, 6.07) is 15.4. The Balaban J connectivity index is 1.75. The van der Waals surface area contributed by atoms with Crippen molar-refractivity contribution in [2.24, 2.45) is 4.99 Å². The Hall–Kier alpha value is -3.62. The molecule has 170 valence electrons. The van der Waals surface area contributed by atoms with Crippen LogP contribution < -0.4 is 10.1 Å². The standard InChI is InChI=1S/C23H19Cl2N3O5/c1-3-32-22(17-7-5-4-6-14(17)2)27-23(29)26-15-8-11-21(19(25)12-15)33-16-9-10-20(28(30)31)18(24)13-16/h4-13H,3H2,1-2H3,(H,26,29). The number of hydrogen-bond donors (Lipinski definition) is 1. The van der Waals surface area contributed by atoms with Gasteiger partial charge in [0, 0.05) is 23.4 Å². The van der Waals surface area contributed by atoms with E-state index in [0.29, 0.717) is 12.3 Å². The molecule has 0 aliphatic rings. The number of anilines is 1. The first-order valence-electron chi connectivity index (χ1n) is 9.78.